The fourth-order valence-electron chi connectivity index (χ4n) is 3.42. The summed E-state index contributed by atoms with van der Waals surface area (Å²) in [6.45, 7) is 2.14. The van der Waals surface area contributed by atoms with Crippen LogP contribution in [0.5, 0.6) is 0 Å². The lowest BCUT2D eigenvalue weighted by Gasteiger charge is -2.51. The van der Waals surface area contributed by atoms with Crippen LogP contribution in [0.1, 0.15) is 28.4 Å². The van der Waals surface area contributed by atoms with E-state index in [0.717, 1.165) is 10.5 Å². The maximum Gasteiger partial charge on any atom is 0.413 e. The van der Waals surface area contributed by atoms with Gasteiger partial charge in [-0.05, 0) is 23.6 Å². The van der Waals surface area contributed by atoms with Crippen LogP contribution in [-0.2, 0) is 12.8 Å². The minimum absolute atomic E-state index is 0.0914. The zero-order chi connectivity index (χ0) is 15.3. The van der Waals surface area contributed by atoms with Gasteiger partial charge >= 0.3 is 6.18 Å². The van der Waals surface area contributed by atoms with Gasteiger partial charge in [-0.2, -0.15) is 13.2 Å². The van der Waals surface area contributed by atoms with Crippen LogP contribution in [0.25, 0.3) is 0 Å². The van der Waals surface area contributed by atoms with Gasteiger partial charge in [-0.3, -0.25) is 4.79 Å². The molecule has 1 aromatic carbocycles. The molecule has 1 fully saturated rings. The summed E-state index contributed by atoms with van der Waals surface area (Å²) in [5, 5.41) is 2.81. The van der Waals surface area contributed by atoms with Crippen LogP contribution >= 0.6 is 0 Å². The molecule has 1 N–H and O–H groups in total. The molecule has 3 nitrogen and oxygen atoms in total. The molecule has 2 aliphatic rings. The summed E-state index contributed by atoms with van der Waals surface area (Å²) in [5.41, 5.74) is -0.297. The smallest absolute Gasteiger partial charge is 0.321 e. The summed E-state index contributed by atoms with van der Waals surface area (Å²) >= 11 is 0. The molecule has 0 unspecified atom stereocenters. The molecule has 0 aliphatic carbocycles. The lowest BCUT2D eigenvalue weighted by molar-refractivity contribution is -0.228. The van der Waals surface area contributed by atoms with E-state index in [1.165, 1.54) is 0 Å². The van der Waals surface area contributed by atoms with Crippen molar-refractivity contribution in [2.75, 3.05) is 19.6 Å². The number of nitrogens with zero attached hydrogens (tertiary/aromatic N) is 1. The van der Waals surface area contributed by atoms with E-state index in [1.807, 2.05) is 13.0 Å². The highest BCUT2D eigenvalue weighted by Gasteiger charge is 2.62. The number of rotatable bonds is 1. The summed E-state index contributed by atoms with van der Waals surface area (Å²) in [7, 11) is 0. The van der Waals surface area contributed by atoms with E-state index < -0.39 is 17.6 Å². The fourth-order valence-corrected chi connectivity index (χ4v) is 3.42. The first-order valence-electron chi connectivity index (χ1n) is 7.11. The Morgan fingerprint density at radius 2 is 2.14 bits per heavy atom. The molecule has 1 aromatic rings. The van der Waals surface area contributed by atoms with Crippen LogP contribution in [0.15, 0.2) is 18.2 Å². The van der Waals surface area contributed by atoms with Crippen LogP contribution in [0.2, 0.25) is 0 Å². The van der Waals surface area contributed by atoms with Gasteiger partial charge in [0.1, 0.15) is 0 Å². The summed E-state index contributed by atoms with van der Waals surface area (Å²) in [6.07, 6.45) is -3.99. The molecule has 2 aliphatic heterocycles. The first kappa shape index (κ1) is 14.4. The molecule has 1 amide bonds. The highest BCUT2D eigenvalue weighted by atomic mass is 19.4. The van der Waals surface area contributed by atoms with Crippen LogP contribution in [0.4, 0.5) is 13.2 Å². The van der Waals surface area contributed by atoms with Crippen LogP contribution in [0.3, 0.4) is 0 Å². The molecule has 1 atom stereocenters. The molecule has 0 spiro atoms. The number of benzene rings is 1. The van der Waals surface area contributed by atoms with Crippen LogP contribution < -0.4 is 5.32 Å². The highest BCUT2D eigenvalue weighted by molar-refractivity contribution is 5.98. The van der Waals surface area contributed by atoms with E-state index in [-0.39, 0.29) is 19.5 Å². The van der Waals surface area contributed by atoms with Gasteiger partial charge in [0, 0.05) is 31.6 Å². The summed E-state index contributed by atoms with van der Waals surface area (Å²) < 4.78 is 41.2. The number of fused-ring (bicyclic) bond motifs is 2. The second-order valence-electron chi connectivity index (χ2n) is 5.64. The van der Waals surface area contributed by atoms with Gasteiger partial charge < -0.3 is 10.2 Å². The number of aryl methyl sites for hydroxylation is 1. The quantitative estimate of drug-likeness (QED) is 0.861. The molecule has 21 heavy (non-hydrogen) atoms. The maximum absolute atomic E-state index is 13.7. The van der Waals surface area contributed by atoms with E-state index in [2.05, 4.69) is 5.32 Å². The van der Waals surface area contributed by atoms with Gasteiger partial charge in [0.2, 0.25) is 0 Å². The summed E-state index contributed by atoms with van der Waals surface area (Å²) in [5.74, 6) is -0.495. The van der Waals surface area contributed by atoms with Gasteiger partial charge in [-0.1, -0.05) is 19.1 Å². The third-order valence-corrected chi connectivity index (χ3v) is 4.57. The number of carbonyl (C=O) groups is 1. The molecular weight excluding hydrogens is 281 g/mol. The molecular formula is C15H17F3N2O. The number of alkyl halides is 3. The Hall–Kier alpha value is -1.56. The van der Waals surface area contributed by atoms with Gasteiger partial charge in [0.05, 0.1) is 0 Å². The second-order valence-corrected chi connectivity index (χ2v) is 5.64. The van der Waals surface area contributed by atoms with Gasteiger partial charge in [-0.25, -0.2) is 0 Å². The second kappa shape index (κ2) is 4.73. The Bertz CT molecular complexity index is 585. The lowest BCUT2D eigenvalue weighted by atomic mass is 9.78. The number of hydrogen-bond acceptors (Lipinski definition) is 2. The number of piperazine rings is 1. The van der Waals surface area contributed by atoms with E-state index in [0.29, 0.717) is 24.1 Å². The molecule has 0 aromatic heterocycles. The van der Waals surface area contributed by atoms with Crippen molar-refractivity contribution in [2.45, 2.75) is 31.5 Å². The number of nitrogens with one attached hydrogen (secondary N) is 1. The lowest BCUT2D eigenvalue weighted by Crippen LogP contribution is -2.72. The molecule has 114 valence electrons. The molecule has 2 heterocycles. The summed E-state index contributed by atoms with van der Waals surface area (Å²) in [6, 6.07) is 5.19. The Morgan fingerprint density at radius 3 is 2.81 bits per heavy atom. The Morgan fingerprint density at radius 1 is 1.38 bits per heavy atom. The molecule has 6 heteroatoms. The molecule has 0 bridgehead atoms. The fraction of sp³-hybridized carbons (Fsp3) is 0.533. The van der Waals surface area contributed by atoms with Crippen molar-refractivity contribution in [3.8, 4) is 0 Å². The first-order chi connectivity index (χ1) is 9.90. The standard InChI is InChI=1S/C15H17F3N2O/c1-2-10-4-3-5-11-12(10)8-14(15(16,17)18)9-19-6-7-20(14)13(11)21/h3-5,19H,2,6-9H2,1H3/t14-/m1/s1. The number of halogens is 3. The zero-order valence-electron chi connectivity index (χ0n) is 11.8. The Balaban J connectivity index is 2.19. The van der Waals surface area contributed by atoms with Gasteiger partial charge in [-0.15, -0.1) is 0 Å². The summed E-state index contributed by atoms with van der Waals surface area (Å²) in [4.78, 5) is 13.6. The van der Waals surface area contributed by atoms with Crippen LogP contribution in [0, 0.1) is 0 Å². The average Bonchev–Trinajstić information content (AvgIpc) is 2.46. The number of amides is 1. The third kappa shape index (κ3) is 1.96. The SMILES string of the molecule is CCc1cccc2c1C[C@]1(C(F)(F)F)CNCCN1C2=O. The Kier molecular flexibility index (Phi) is 3.24. The van der Waals surface area contributed by atoms with Crippen LogP contribution in [-0.4, -0.2) is 42.2 Å². The van der Waals surface area contributed by atoms with Crippen molar-refractivity contribution in [3.05, 3.63) is 34.9 Å². The number of hydrogen-bond donors (Lipinski definition) is 1. The maximum atomic E-state index is 13.7. The molecule has 3 rings (SSSR count). The van der Waals surface area contributed by atoms with Crippen molar-refractivity contribution < 1.29 is 18.0 Å². The first-order valence-corrected chi connectivity index (χ1v) is 7.11. The monoisotopic (exact) mass is 298 g/mol. The molecule has 0 saturated carbocycles. The molecule has 0 radical (unpaired) electrons. The van der Waals surface area contributed by atoms with Crippen molar-refractivity contribution in [2.24, 2.45) is 0 Å². The minimum atomic E-state index is -4.45. The topological polar surface area (TPSA) is 32.3 Å². The minimum Gasteiger partial charge on any atom is -0.321 e. The van der Waals surface area contributed by atoms with Gasteiger partial charge in [0.25, 0.3) is 5.91 Å². The van der Waals surface area contributed by atoms with E-state index in [1.54, 1.807) is 12.1 Å². The third-order valence-electron chi connectivity index (χ3n) is 4.57. The van der Waals surface area contributed by atoms with Crippen molar-refractivity contribution in [3.63, 3.8) is 0 Å². The number of carbonyl (C=O) groups excluding carboxylic acids is 1. The van der Waals surface area contributed by atoms with Crippen molar-refractivity contribution in [1.29, 1.82) is 0 Å². The van der Waals surface area contributed by atoms with Crippen molar-refractivity contribution >= 4 is 5.91 Å². The predicted molar refractivity (Wildman–Crippen MR) is 72.2 cm³/mol. The van der Waals surface area contributed by atoms with E-state index in [4.69, 9.17) is 0 Å². The van der Waals surface area contributed by atoms with E-state index in [9.17, 15) is 18.0 Å². The predicted octanol–water partition coefficient (Wildman–Crippen LogP) is 2.15. The largest absolute Gasteiger partial charge is 0.413 e. The van der Waals surface area contributed by atoms with Crippen molar-refractivity contribution in [1.82, 2.24) is 10.2 Å². The highest BCUT2D eigenvalue weighted by Crippen LogP contribution is 2.44. The normalized spacial score (nSPS) is 25.5. The average molecular weight is 298 g/mol. The Labute approximate surface area is 121 Å². The van der Waals surface area contributed by atoms with E-state index >= 15 is 0 Å². The van der Waals surface area contributed by atoms with Gasteiger partial charge in [0.15, 0.2) is 5.54 Å². The molecule has 1 saturated heterocycles. The zero-order valence-corrected chi connectivity index (χ0v) is 11.8.